The number of nitrogens with zero attached hydrogens (tertiary/aromatic N) is 3. The molecular weight excluding hydrogens is 433 g/mol. The topological polar surface area (TPSA) is 84.6 Å². The van der Waals surface area contributed by atoms with Gasteiger partial charge in [0, 0.05) is 13.6 Å². The van der Waals surface area contributed by atoms with Crippen molar-refractivity contribution in [2.45, 2.75) is 32.7 Å². The molecule has 0 aliphatic heterocycles. The molecule has 0 spiro atoms. The molecule has 1 atom stereocenters. The van der Waals surface area contributed by atoms with Crippen LogP contribution in [0.1, 0.15) is 36.5 Å². The average molecular weight is 459 g/mol. The predicted octanol–water partition coefficient (Wildman–Crippen LogP) is 2.86. The maximum atomic E-state index is 5.19. The second-order valence-electron chi connectivity index (χ2n) is 5.55. The van der Waals surface area contributed by atoms with Gasteiger partial charge in [-0.1, -0.05) is 24.2 Å². The first-order valence-electron chi connectivity index (χ1n) is 8.00. The molecule has 1 unspecified atom stereocenters. The van der Waals surface area contributed by atoms with E-state index in [0.717, 1.165) is 18.7 Å². The van der Waals surface area contributed by atoms with Crippen molar-refractivity contribution in [3.8, 4) is 5.75 Å². The summed E-state index contributed by atoms with van der Waals surface area (Å²) in [5.74, 6) is 3.21. The van der Waals surface area contributed by atoms with E-state index in [-0.39, 0.29) is 24.0 Å². The number of hydrogen-bond acceptors (Lipinski definition) is 5. The molecule has 0 amide bonds. The van der Waals surface area contributed by atoms with Gasteiger partial charge in [0.1, 0.15) is 5.75 Å². The van der Waals surface area contributed by atoms with Crippen molar-refractivity contribution in [3.63, 3.8) is 0 Å². The largest absolute Gasteiger partial charge is 0.497 e. The van der Waals surface area contributed by atoms with Gasteiger partial charge in [-0.25, -0.2) is 0 Å². The Bertz CT molecular complexity index is 657. The van der Waals surface area contributed by atoms with Crippen molar-refractivity contribution in [2.75, 3.05) is 20.7 Å². The van der Waals surface area contributed by atoms with E-state index in [1.165, 1.54) is 5.56 Å². The van der Waals surface area contributed by atoms with Gasteiger partial charge in [0.05, 0.1) is 13.7 Å². The van der Waals surface area contributed by atoms with E-state index in [2.05, 4.69) is 44.8 Å². The molecule has 138 valence electrons. The number of aliphatic imine (C=N–C) groups is 1. The van der Waals surface area contributed by atoms with Crippen LogP contribution in [0.15, 0.2) is 33.8 Å². The zero-order valence-electron chi connectivity index (χ0n) is 15.1. The second-order valence-corrected chi connectivity index (χ2v) is 5.55. The number of hydrogen-bond donors (Lipinski definition) is 2. The van der Waals surface area contributed by atoms with Crippen LogP contribution in [0.5, 0.6) is 5.75 Å². The number of guanidine groups is 1. The summed E-state index contributed by atoms with van der Waals surface area (Å²) in [4.78, 5) is 8.34. The highest BCUT2D eigenvalue weighted by molar-refractivity contribution is 14.0. The van der Waals surface area contributed by atoms with E-state index >= 15 is 0 Å². The second kappa shape index (κ2) is 10.9. The van der Waals surface area contributed by atoms with Gasteiger partial charge >= 0.3 is 0 Å². The van der Waals surface area contributed by atoms with Crippen molar-refractivity contribution in [1.29, 1.82) is 0 Å². The third kappa shape index (κ3) is 6.89. The number of methoxy groups -OCH3 is 1. The summed E-state index contributed by atoms with van der Waals surface area (Å²) in [7, 11) is 3.41. The van der Waals surface area contributed by atoms with Gasteiger partial charge in [-0.05, 0) is 37.0 Å². The van der Waals surface area contributed by atoms with Crippen molar-refractivity contribution in [2.24, 2.45) is 4.99 Å². The average Bonchev–Trinajstić information content (AvgIpc) is 3.03. The molecule has 0 saturated carbocycles. The molecule has 7 nitrogen and oxygen atoms in total. The molecule has 0 radical (unpaired) electrons. The summed E-state index contributed by atoms with van der Waals surface area (Å²) < 4.78 is 10.2. The molecule has 0 saturated heterocycles. The maximum absolute atomic E-state index is 5.19. The van der Waals surface area contributed by atoms with E-state index in [4.69, 9.17) is 9.26 Å². The molecule has 2 N–H and O–H groups in total. The van der Waals surface area contributed by atoms with E-state index in [0.29, 0.717) is 30.1 Å². The SMILES string of the molecule is CN=C(NCCC(C)c1ccc(OC)cc1)NCc1nc(C)no1.I. The number of benzene rings is 1. The van der Waals surface area contributed by atoms with Crippen molar-refractivity contribution < 1.29 is 9.26 Å². The molecule has 1 aromatic heterocycles. The summed E-state index contributed by atoms with van der Waals surface area (Å²) in [5, 5.41) is 10.2. The maximum Gasteiger partial charge on any atom is 0.246 e. The molecule has 0 aliphatic rings. The van der Waals surface area contributed by atoms with Gasteiger partial charge in [0.15, 0.2) is 11.8 Å². The van der Waals surface area contributed by atoms with Crippen molar-refractivity contribution in [3.05, 3.63) is 41.5 Å². The molecule has 0 bridgehead atoms. The van der Waals surface area contributed by atoms with Crippen LogP contribution in [-0.4, -0.2) is 36.8 Å². The standard InChI is InChI=1S/C17H25N5O2.HI/c1-12(14-5-7-15(23-4)8-6-14)9-10-19-17(18-3)20-11-16-21-13(2)22-24-16;/h5-8,12H,9-11H2,1-4H3,(H2,18,19,20);1H. The monoisotopic (exact) mass is 459 g/mol. The molecule has 0 aliphatic carbocycles. The number of aryl methyl sites for hydroxylation is 1. The Morgan fingerprint density at radius 3 is 2.56 bits per heavy atom. The number of halogens is 1. The van der Waals surface area contributed by atoms with Crippen molar-refractivity contribution >= 4 is 29.9 Å². The van der Waals surface area contributed by atoms with Crippen LogP contribution in [0.3, 0.4) is 0 Å². The van der Waals surface area contributed by atoms with Crippen LogP contribution in [-0.2, 0) is 6.54 Å². The van der Waals surface area contributed by atoms with Crippen LogP contribution in [0.25, 0.3) is 0 Å². The fourth-order valence-electron chi connectivity index (χ4n) is 2.30. The van der Waals surface area contributed by atoms with Gasteiger partial charge in [0.25, 0.3) is 0 Å². The lowest BCUT2D eigenvalue weighted by atomic mass is 9.98. The van der Waals surface area contributed by atoms with Crippen LogP contribution >= 0.6 is 24.0 Å². The van der Waals surface area contributed by atoms with Crippen LogP contribution in [0.4, 0.5) is 0 Å². The fourth-order valence-corrected chi connectivity index (χ4v) is 2.30. The molecule has 8 heteroatoms. The van der Waals surface area contributed by atoms with Gasteiger partial charge in [-0.3, -0.25) is 4.99 Å². The number of aromatic nitrogens is 2. The minimum Gasteiger partial charge on any atom is -0.497 e. The molecule has 0 fully saturated rings. The molecule has 2 aromatic rings. The lowest BCUT2D eigenvalue weighted by Gasteiger charge is -2.15. The Morgan fingerprint density at radius 2 is 2.00 bits per heavy atom. The van der Waals surface area contributed by atoms with Gasteiger partial charge < -0.3 is 19.9 Å². The van der Waals surface area contributed by atoms with Crippen LogP contribution < -0.4 is 15.4 Å². The van der Waals surface area contributed by atoms with E-state index < -0.39 is 0 Å². The normalized spacial score (nSPS) is 12.2. The summed E-state index contributed by atoms with van der Waals surface area (Å²) in [6.07, 6.45) is 0.993. The van der Waals surface area contributed by atoms with Crippen LogP contribution in [0.2, 0.25) is 0 Å². The Labute approximate surface area is 165 Å². The van der Waals surface area contributed by atoms with Crippen LogP contribution in [0, 0.1) is 6.92 Å². The highest BCUT2D eigenvalue weighted by atomic mass is 127. The lowest BCUT2D eigenvalue weighted by Crippen LogP contribution is -2.37. The van der Waals surface area contributed by atoms with E-state index in [1.54, 1.807) is 21.1 Å². The zero-order valence-corrected chi connectivity index (χ0v) is 17.4. The minimum absolute atomic E-state index is 0. The summed E-state index contributed by atoms with van der Waals surface area (Å²) in [6, 6.07) is 8.20. The Balaban J connectivity index is 0.00000312. The van der Waals surface area contributed by atoms with E-state index in [9.17, 15) is 0 Å². The Hall–Kier alpha value is -1.84. The third-order valence-corrected chi connectivity index (χ3v) is 3.75. The first-order valence-corrected chi connectivity index (χ1v) is 8.00. The first kappa shape index (κ1) is 21.2. The molecule has 2 rings (SSSR count). The Morgan fingerprint density at radius 1 is 1.28 bits per heavy atom. The highest BCUT2D eigenvalue weighted by Crippen LogP contribution is 2.21. The predicted molar refractivity (Wildman–Crippen MR) is 109 cm³/mol. The molecule has 1 heterocycles. The minimum atomic E-state index is 0. The van der Waals surface area contributed by atoms with Gasteiger partial charge in [-0.15, -0.1) is 24.0 Å². The number of ether oxygens (including phenoxy) is 1. The first-order chi connectivity index (χ1) is 11.6. The number of nitrogens with one attached hydrogen (secondary N) is 2. The number of rotatable bonds is 7. The lowest BCUT2D eigenvalue weighted by molar-refractivity contribution is 0.371. The summed E-state index contributed by atoms with van der Waals surface area (Å²) in [6.45, 7) is 5.27. The molecule has 1 aromatic carbocycles. The summed E-state index contributed by atoms with van der Waals surface area (Å²) in [5.41, 5.74) is 1.29. The highest BCUT2D eigenvalue weighted by Gasteiger charge is 2.07. The van der Waals surface area contributed by atoms with Gasteiger partial charge in [0.2, 0.25) is 5.89 Å². The van der Waals surface area contributed by atoms with Gasteiger partial charge in [-0.2, -0.15) is 4.98 Å². The molecule has 25 heavy (non-hydrogen) atoms. The third-order valence-electron chi connectivity index (χ3n) is 3.75. The quantitative estimate of drug-likeness (QED) is 0.377. The fraction of sp³-hybridized carbons (Fsp3) is 0.471. The summed E-state index contributed by atoms with van der Waals surface area (Å²) >= 11 is 0. The van der Waals surface area contributed by atoms with Crippen molar-refractivity contribution in [1.82, 2.24) is 20.8 Å². The smallest absolute Gasteiger partial charge is 0.246 e. The zero-order chi connectivity index (χ0) is 17.4. The molecular formula is C17H26IN5O2. The van der Waals surface area contributed by atoms with E-state index in [1.807, 2.05) is 12.1 Å². The Kier molecular flexibility index (Phi) is 9.25.